The van der Waals surface area contributed by atoms with Gasteiger partial charge >= 0.3 is 0 Å². The van der Waals surface area contributed by atoms with Gasteiger partial charge in [0, 0.05) is 12.5 Å². The van der Waals surface area contributed by atoms with Crippen molar-refractivity contribution in [3.63, 3.8) is 0 Å². The quantitative estimate of drug-likeness (QED) is 0.711. The molecule has 6 heteroatoms. The van der Waals surface area contributed by atoms with Crippen LogP contribution in [0.4, 0.5) is 4.39 Å². The van der Waals surface area contributed by atoms with Gasteiger partial charge in [0.1, 0.15) is 11.6 Å². The average Bonchev–Trinajstić information content (AvgIpc) is 2.99. The number of halogens is 1. The van der Waals surface area contributed by atoms with Crippen molar-refractivity contribution in [1.29, 1.82) is 0 Å². The number of thioether (sulfide) groups is 1. The molecule has 4 fully saturated rings. The molecule has 4 aliphatic rings. The van der Waals surface area contributed by atoms with Crippen LogP contribution in [0.1, 0.15) is 38.5 Å². The number of carbonyl (C=O) groups is 1. The summed E-state index contributed by atoms with van der Waals surface area (Å²) in [5.41, 5.74) is 0.362. The van der Waals surface area contributed by atoms with Crippen molar-refractivity contribution >= 4 is 17.5 Å². The third-order valence-electron chi connectivity index (χ3n) is 6.91. The summed E-state index contributed by atoms with van der Waals surface area (Å²) < 4.78 is 15.8. The standard InChI is InChI=1S/C21H24FN3OS/c1-25-19(16-4-2-3-5-17(16)22)23-24-20(25)27-12-18(26)21-9-13-6-14(10-21)8-15(7-13)11-21/h2-5,13-15H,6-12H2,1H3. The zero-order valence-electron chi connectivity index (χ0n) is 15.5. The minimum atomic E-state index is -0.311. The van der Waals surface area contributed by atoms with Gasteiger partial charge in [-0.3, -0.25) is 4.79 Å². The van der Waals surface area contributed by atoms with E-state index < -0.39 is 0 Å². The molecule has 0 N–H and O–H groups in total. The summed E-state index contributed by atoms with van der Waals surface area (Å²) in [5, 5.41) is 9.04. The molecule has 0 spiro atoms. The first kappa shape index (κ1) is 17.4. The highest BCUT2D eigenvalue weighted by Crippen LogP contribution is 2.60. The summed E-state index contributed by atoms with van der Waals surface area (Å²) in [7, 11) is 1.83. The van der Waals surface area contributed by atoms with E-state index in [1.165, 1.54) is 37.1 Å². The molecule has 4 saturated carbocycles. The highest BCUT2D eigenvalue weighted by atomic mass is 32.2. The fraction of sp³-hybridized carbons (Fsp3) is 0.571. The van der Waals surface area contributed by atoms with Crippen molar-refractivity contribution in [1.82, 2.24) is 14.8 Å². The number of benzene rings is 1. The van der Waals surface area contributed by atoms with Crippen LogP contribution in [0.15, 0.2) is 29.4 Å². The second-order valence-electron chi connectivity index (χ2n) is 8.75. The van der Waals surface area contributed by atoms with E-state index in [1.807, 2.05) is 7.05 Å². The first-order valence-electron chi connectivity index (χ1n) is 9.84. The largest absolute Gasteiger partial charge is 0.305 e. The SMILES string of the molecule is Cn1c(SCC(=O)C23CC4CC(CC(C4)C2)C3)nnc1-c1ccccc1F. The van der Waals surface area contributed by atoms with Crippen LogP contribution in [0, 0.1) is 29.0 Å². The Morgan fingerprint density at radius 3 is 2.41 bits per heavy atom. The molecule has 2 aromatic rings. The van der Waals surface area contributed by atoms with Crippen LogP contribution in [0.25, 0.3) is 11.4 Å². The molecule has 4 aliphatic carbocycles. The van der Waals surface area contributed by atoms with Gasteiger partial charge in [0.15, 0.2) is 11.0 Å². The molecule has 0 atom stereocenters. The van der Waals surface area contributed by atoms with Crippen molar-refractivity contribution in [3.8, 4) is 11.4 Å². The summed E-state index contributed by atoms with van der Waals surface area (Å²) in [6, 6.07) is 6.58. The number of ketones is 1. The van der Waals surface area contributed by atoms with Crippen LogP contribution in [0.3, 0.4) is 0 Å². The lowest BCUT2D eigenvalue weighted by Crippen LogP contribution is -2.50. The fourth-order valence-electron chi connectivity index (χ4n) is 6.05. The lowest BCUT2D eigenvalue weighted by molar-refractivity contribution is -0.141. The molecule has 142 valence electrons. The Labute approximate surface area is 162 Å². The number of Topliss-reactive ketones (excluding diaryl/α,β-unsaturated/α-hetero) is 1. The maximum atomic E-state index is 14.1. The van der Waals surface area contributed by atoms with Gasteiger partial charge in [-0.1, -0.05) is 23.9 Å². The Bertz CT molecular complexity index is 858. The molecule has 6 rings (SSSR count). The third-order valence-corrected chi connectivity index (χ3v) is 7.93. The Kier molecular flexibility index (Phi) is 4.15. The minimum absolute atomic E-state index is 0.0747. The van der Waals surface area contributed by atoms with E-state index in [-0.39, 0.29) is 11.2 Å². The number of hydrogen-bond donors (Lipinski definition) is 0. The molecule has 0 aliphatic heterocycles. The predicted octanol–water partition coefficient (Wildman–Crippen LogP) is 4.50. The van der Waals surface area contributed by atoms with E-state index >= 15 is 0 Å². The summed E-state index contributed by atoms with van der Waals surface area (Å²) >= 11 is 1.44. The predicted molar refractivity (Wildman–Crippen MR) is 103 cm³/mol. The van der Waals surface area contributed by atoms with Crippen LogP contribution in [-0.4, -0.2) is 26.3 Å². The van der Waals surface area contributed by atoms with Crippen LogP contribution >= 0.6 is 11.8 Å². The second kappa shape index (κ2) is 6.43. The summed E-state index contributed by atoms with van der Waals surface area (Å²) in [6.07, 6.45) is 7.31. The zero-order chi connectivity index (χ0) is 18.6. The molecule has 0 saturated heterocycles. The topological polar surface area (TPSA) is 47.8 Å². The molecular weight excluding hydrogens is 361 g/mol. The number of rotatable bonds is 5. The molecule has 0 unspecified atom stereocenters. The van der Waals surface area contributed by atoms with Crippen LogP contribution in [-0.2, 0) is 11.8 Å². The van der Waals surface area contributed by atoms with Crippen molar-refractivity contribution in [2.75, 3.05) is 5.75 Å². The monoisotopic (exact) mass is 385 g/mol. The van der Waals surface area contributed by atoms with Crippen molar-refractivity contribution < 1.29 is 9.18 Å². The van der Waals surface area contributed by atoms with Crippen molar-refractivity contribution in [2.45, 2.75) is 43.7 Å². The summed E-state index contributed by atoms with van der Waals surface area (Å²) in [4.78, 5) is 13.2. The van der Waals surface area contributed by atoms with Gasteiger partial charge in [0.2, 0.25) is 0 Å². The van der Waals surface area contributed by atoms with Crippen LogP contribution < -0.4 is 0 Å². The molecular formula is C21H24FN3OS. The first-order valence-corrected chi connectivity index (χ1v) is 10.8. The third kappa shape index (κ3) is 2.93. The second-order valence-corrected chi connectivity index (χ2v) is 9.70. The number of aromatic nitrogens is 3. The van der Waals surface area contributed by atoms with E-state index in [0.29, 0.717) is 28.1 Å². The Morgan fingerprint density at radius 2 is 1.78 bits per heavy atom. The van der Waals surface area contributed by atoms with Crippen LogP contribution in [0.2, 0.25) is 0 Å². The Morgan fingerprint density at radius 1 is 1.15 bits per heavy atom. The van der Waals surface area contributed by atoms with Gasteiger partial charge in [-0.05, 0) is 68.4 Å². The maximum Gasteiger partial charge on any atom is 0.191 e. The molecule has 1 aromatic carbocycles. The van der Waals surface area contributed by atoms with Crippen molar-refractivity contribution in [2.24, 2.45) is 30.2 Å². The van der Waals surface area contributed by atoms with E-state index in [4.69, 9.17) is 0 Å². The maximum absolute atomic E-state index is 14.1. The Balaban J connectivity index is 1.31. The Hall–Kier alpha value is -1.69. The van der Waals surface area contributed by atoms with Gasteiger partial charge in [0.25, 0.3) is 0 Å². The molecule has 1 aromatic heterocycles. The highest BCUT2D eigenvalue weighted by molar-refractivity contribution is 7.99. The summed E-state index contributed by atoms with van der Waals surface area (Å²) in [6.45, 7) is 0. The molecule has 1 heterocycles. The summed E-state index contributed by atoms with van der Waals surface area (Å²) in [5.74, 6) is 3.33. The van der Waals surface area contributed by atoms with E-state index in [9.17, 15) is 9.18 Å². The zero-order valence-corrected chi connectivity index (χ0v) is 16.3. The lowest BCUT2D eigenvalue weighted by Gasteiger charge is -2.56. The average molecular weight is 386 g/mol. The molecule has 4 bridgehead atoms. The fourth-order valence-corrected chi connectivity index (χ4v) is 7.00. The lowest BCUT2D eigenvalue weighted by atomic mass is 9.48. The highest BCUT2D eigenvalue weighted by Gasteiger charge is 2.54. The van der Waals surface area contributed by atoms with Gasteiger partial charge < -0.3 is 4.57 Å². The number of nitrogens with zero attached hydrogens (tertiary/aromatic N) is 3. The van der Waals surface area contributed by atoms with Crippen molar-refractivity contribution in [3.05, 3.63) is 30.1 Å². The van der Waals surface area contributed by atoms with Crippen LogP contribution in [0.5, 0.6) is 0 Å². The normalized spacial score (nSPS) is 31.4. The molecule has 0 radical (unpaired) electrons. The molecule has 27 heavy (non-hydrogen) atoms. The van der Waals surface area contributed by atoms with E-state index in [2.05, 4.69) is 10.2 Å². The van der Waals surface area contributed by atoms with Gasteiger partial charge in [-0.2, -0.15) is 0 Å². The van der Waals surface area contributed by atoms with E-state index in [1.54, 1.807) is 22.8 Å². The van der Waals surface area contributed by atoms with E-state index in [0.717, 1.165) is 37.0 Å². The first-order chi connectivity index (χ1) is 13.0. The number of carbonyl (C=O) groups excluding carboxylic acids is 1. The molecule has 4 nitrogen and oxygen atoms in total. The smallest absolute Gasteiger partial charge is 0.191 e. The number of hydrogen-bond acceptors (Lipinski definition) is 4. The van der Waals surface area contributed by atoms with Gasteiger partial charge in [0.05, 0.1) is 11.3 Å². The van der Waals surface area contributed by atoms with Gasteiger partial charge in [-0.25, -0.2) is 4.39 Å². The molecule has 0 amide bonds. The van der Waals surface area contributed by atoms with Gasteiger partial charge in [-0.15, -0.1) is 10.2 Å². The minimum Gasteiger partial charge on any atom is -0.305 e.